The van der Waals surface area contributed by atoms with Gasteiger partial charge in [0.05, 0.1) is 0 Å². The Morgan fingerprint density at radius 2 is 1.56 bits per heavy atom. The molecule has 0 saturated heterocycles. The zero-order valence-electron chi connectivity index (χ0n) is 9.81. The molecule has 0 radical (unpaired) electrons. The molecule has 0 aliphatic carbocycles. The molecule has 5 heteroatoms. The number of nitrogens with two attached hydrogens (primary N) is 2. The van der Waals surface area contributed by atoms with Gasteiger partial charge in [0, 0.05) is 22.5 Å². The van der Waals surface area contributed by atoms with Gasteiger partial charge in [-0.25, -0.2) is 4.39 Å². The van der Waals surface area contributed by atoms with Crippen molar-refractivity contribution >= 4 is 36.2 Å². The monoisotopic (exact) mass is 288 g/mol. The molecule has 0 bridgehead atoms. The van der Waals surface area contributed by atoms with Crippen molar-refractivity contribution in [2.75, 3.05) is 11.5 Å². The largest absolute Gasteiger partial charge is 0.399 e. The highest BCUT2D eigenvalue weighted by Gasteiger charge is 2.08. The second-order valence-electron chi connectivity index (χ2n) is 3.83. The fourth-order valence-electron chi connectivity index (χ4n) is 1.65. The molecule has 0 aromatic heterocycles. The predicted molar refractivity (Wildman–Crippen MR) is 79.9 cm³/mol. The van der Waals surface area contributed by atoms with E-state index in [9.17, 15) is 4.39 Å². The van der Waals surface area contributed by atoms with Gasteiger partial charge in [-0.1, -0.05) is 12.1 Å². The topological polar surface area (TPSA) is 52.0 Å². The van der Waals surface area contributed by atoms with E-state index in [4.69, 9.17) is 11.5 Å². The van der Waals surface area contributed by atoms with Gasteiger partial charge in [0.1, 0.15) is 5.82 Å². The van der Waals surface area contributed by atoms with E-state index in [0.717, 1.165) is 5.56 Å². The highest BCUT2D eigenvalue weighted by atomic mass is 35.5. The quantitative estimate of drug-likeness (QED) is 0.784. The average Bonchev–Trinajstić information content (AvgIpc) is 2.22. The zero-order chi connectivity index (χ0) is 11.7. The third-order valence-corrected chi connectivity index (χ3v) is 2.49. The molecule has 98 valence electrons. The summed E-state index contributed by atoms with van der Waals surface area (Å²) in [4.78, 5) is 0. The molecule has 0 atom stereocenters. The lowest BCUT2D eigenvalue weighted by molar-refractivity contribution is 0.630. The van der Waals surface area contributed by atoms with E-state index in [0.29, 0.717) is 22.5 Å². The van der Waals surface area contributed by atoms with Crippen LogP contribution in [0, 0.1) is 12.7 Å². The van der Waals surface area contributed by atoms with Crippen LogP contribution in [0.1, 0.15) is 5.56 Å². The molecule has 0 fully saturated rings. The molecule has 0 spiro atoms. The maximum Gasteiger partial charge on any atom is 0.131 e. The molecule has 2 aromatic rings. The fourth-order valence-corrected chi connectivity index (χ4v) is 1.65. The standard InChI is InChI=1S/C13H13FN2.2ClH/c1-8-2-4-10(12(14)6-8)11-7-9(15)3-5-13(11)16;;/h2-7H,15-16H2,1H3;2*1H. The van der Waals surface area contributed by atoms with Crippen molar-refractivity contribution in [2.45, 2.75) is 6.92 Å². The van der Waals surface area contributed by atoms with E-state index in [1.165, 1.54) is 6.07 Å². The molecule has 4 N–H and O–H groups in total. The lowest BCUT2D eigenvalue weighted by Gasteiger charge is -2.08. The summed E-state index contributed by atoms with van der Waals surface area (Å²) in [6.07, 6.45) is 0. The Bertz CT molecular complexity index is 545. The van der Waals surface area contributed by atoms with Crippen LogP contribution in [-0.2, 0) is 0 Å². The van der Waals surface area contributed by atoms with Gasteiger partial charge in [-0.15, -0.1) is 24.8 Å². The Balaban J connectivity index is 0.00000144. The number of hydrogen-bond acceptors (Lipinski definition) is 2. The second kappa shape index (κ2) is 6.47. The van der Waals surface area contributed by atoms with Crippen LogP contribution in [0.3, 0.4) is 0 Å². The summed E-state index contributed by atoms with van der Waals surface area (Å²) >= 11 is 0. The molecule has 18 heavy (non-hydrogen) atoms. The third-order valence-electron chi connectivity index (χ3n) is 2.49. The molecule has 2 aromatic carbocycles. The van der Waals surface area contributed by atoms with Crippen LogP contribution in [0.4, 0.5) is 15.8 Å². The van der Waals surface area contributed by atoms with E-state index in [2.05, 4.69) is 0 Å². The predicted octanol–water partition coefficient (Wildman–Crippen LogP) is 3.81. The van der Waals surface area contributed by atoms with Crippen LogP contribution in [0.5, 0.6) is 0 Å². The Morgan fingerprint density at radius 1 is 0.889 bits per heavy atom. The average molecular weight is 289 g/mol. The SMILES string of the molecule is Cc1ccc(-c2cc(N)ccc2N)c(F)c1.Cl.Cl. The van der Waals surface area contributed by atoms with E-state index in [1.54, 1.807) is 24.3 Å². The lowest BCUT2D eigenvalue weighted by atomic mass is 10.0. The fraction of sp³-hybridized carbons (Fsp3) is 0.0769. The van der Waals surface area contributed by atoms with Crippen LogP contribution in [0.25, 0.3) is 11.1 Å². The maximum atomic E-state index is 13.8. The van der Waals surface area contributed by atoms with Crippen molar-refractivity contribution in [1.29, 1.82) is 0 Å². The molecule has 2 nitrogen and oxygen atoms in total. The van der Waals surface area contributed by atoms with Crippen LogP contribution in [0.2, 0.25) is 0 Å². The van der Waals surface area contributed by atoms with Gasteiger partial charge in [-0.2, -0.15) is 0 Å². The highest BCUT2D eigenvalue weighted by molar-refractivity contribution is 5.85. The van der Waals surface area contributed by atoms with Crippen molar-refractivity contribution in [3.05, 3.63) is 47.8 Å². The second-order valence-corrected chi connectivity index (χ2v) is 3.83. The summed E-state index contributed by atoms with van der Waals surface area (Å²) in [5, 5.41) is 0. The molecule has 0 saturated carbocycles. The molecular formula is C13H15Cl2FN2. The summed E-state index contributed by atoms with van der Waals surface area (Å²) in [6.45, 7) is 1.84. The molecule has 0 aliphatic rings. The summed E-state index contributed by atoms with van der Waals surface area (Å²) in [5.41, 5.74) is 14.6. The van der Waals surface area contributed by atoms with Crippen LogP contribution in [-0.4, -0.2) is 0 Å². The highest BCUT2D eigenvalue weighted by Crippen LogP contribution is 2.30. The van der Waals surface area contributed by atoms with Crippen molar-refractivity contribution in [3.63, 3.8) is 0 Å². The normalized spacial score (nSPS) is 9.22. The molecule has 0 heterocycles. The first-order valence-electron chi connectivity index (χ1n) is 4.99. The van der Waals surface area contributed by atoms with Crippen molar-refractivity contribution in [3.8, 4) is 11.1 Å². The first-order valence-corrected chi connectivity index (χ1v) is 4.99. The van der Waals surface area contributed by atoms with Gasteiger partial charge < -0.3 is 11.5 Å². The number of aryl methyl sites for hydroxylation is 1. The van der Waals surface area contributed by atoms with Crippen molar-refractivity contribution in [2.24, 2.45) is 0 Å². The molecular weight excluding hydrogens is 274 g/mol. The van der Waals surface area contributed by atoms with Gasteiger partial charge >= 0.3 is 0 Å². The van der Waals surface area contributed by atoms with Gasteiger partial charge in [0.15, 0.2) is 0 Å². The number of halogens is 3. The molecule has 0 amide bonds. The molecule has 2 rings (SSSR count). The number of nitrogen functional groups attached to an aromatic ring is 2. The summed E-state index contributed by atoms with van der Waals surface area (Å²) < 4.78 is 13.8. The van der Waals surface area contributed by atoms with Crippen LogP contribution in [0.15, 0.2) is 36.4 Å². The smallest absolute Gasteiger partial charge is 0.131 e. The van der Waals surface area contributed by atoms with Gasteiger partial charge in [-0.3, -0.25) is 0 Å². The first kappa shape index (κ1) is 16.6. The Kier molecular flexibility index (Phi) is 5.95. The third kappa shape index (κ3) is 3.28. The van der Waals surface area contributed by atoms with Crippen molar-refractivity contribution < 1.29 is 4.39 Å². The van der Waals surface area contributed by atoms with E-state index in [1.807, 2.05) is 13.0 Å². The number of benzene rings is 2. The van der Waals surface area contributed by atoms with E-state index < -0.39 is 0 Å². The van der Waals surface area contributed by atoms with E-state index >= 15 is 0 Å². The summed E-state index contributed by atoms with van der Waals surface area (Å²) in [7, 11) is 0. The number of hydrogen-bond donors (Lipinski definition) is 2. The zero-order valence-corrected chi connectivity index (χ0v) is 11.4. The summed E-state index contributed by atoms with van der Waals surface area (Å²) in [5.74, 6) is -0.280. The Hall–Kier alpha value is -1.45. The minimum Gasteiger partial charge on any atom is -0.399 e. The Morgan fingerprint density at radius 3 is 2.17 bits per heavy atom. The van der Waals surface area contributed by atoms with Gasteiger partial charge in [0.25, 0.3) is 0 Å². The molecule has 0 aliphatic heterocycles. The maximum absolute atomic E-state index is 13.8. The Labute approximate surface area is 118 Å². The summed E-state index contributed by atoms with van der Waals surface area (Å²) in [6, 6.07) is 10.1. The van der Waals surface area contributed by atoms with Gasteiger partial charge in [0.2, 0.25) is 0 Å². The molecule has 0 unspecified atom stereocenters. The van der Waals surface area contributed by atoms with Crippen molar-refractivity contribution in [1.82, 2.24) is 0 Å². The lowest BCUT2D eigenvalue weighted by Crippen LogP contribution is -1.95. The van der Waals surface area contributed by atoms with E-state index in [-0.39, 0.29) is 30.6 Å². The first-order chi connectivity index (χ1) is 7.58. The van der Waals surface area contributed by atoms with Gasteiger partial charge in [-0.05, 0) is 36.8 Å². The van der Waals surface area contributed by atoms with Crippen LogP contribution < -0.4 is 11.5 Å². The number of rotatable bonds is 1. The minimum absolute atomic E-state index is 0. The van der Waals surface area contributed by atoms with Crippen LogP contribution >= 0.6 is 24.8 Å². The minimum atomic E-state index is -0.280. The number of anilines is 2.